The van der Waals surface area contributed by atoms with Crippen LogP contribution in [0, 0.1) is 0 Å². The molecule has 0 aromatic rings. The summed E-state index contributed by atoms with van der Waals surface area (Å²) in [5, 5.41) is 7.57. The van der Waals surface area contributed by atoms with Crippen LogP contribution in [0.2, 0.25) is 0 Å². The SMILES string of the molecule is CCCCCCCCCCCCCCCCCCOC[C@H](COP(=O)(O)O)OCCCCCCCCCCCCCCCCCC.CCO. The first-order chi connectivity index (χ1) is 23.9. The standard InChI is InChI=1S/C39H81O6P.C2H6O/c1-3-5-7-9-11-13-15-17-19-21-23-25-27-29-31-33-35-43-37-39(38-45-46(40,41)42)44-36-34-32-30-28-26-24-22-20-18-16-14-12-10-8-6-4-2;1-2-3/h39H,3-38H2,1-2H3,(H2,40,41,42);3H,2H2,1H3/t39-;/m1./s1. The summed E-state index contributed by atoms with van der Waals surface area (Å²) in [6.45, 7) is 7.91. The van der Waals surface area contributed by atoms with Crippen molar-refractivity contribution >= 4 is 7.82 Å². The van der Waals surface area contributed by atoms with E-state index in [1.165, 1.54) is 186 Å². The summed E-state index contributed by atoms with van der Waals surface area (Å²) in [6, 6.07) is 0. The Morgan fingerprint density at radius 1 is 0.429 bits per heavy atom. The van der Waals surface area contributed by atoms with Crippen LogP contribution >= 0.6 is 7.82 Å². The van der Waals surface area contributed by atoms with Gasteiger partial charge in [-0.15, -0.1) is 0 Å². The number of hydrogen-bond acceptors (Lipinski definition) is 5. The summed E-state index contributed by atoms with van der Waals surface area (Å²) in [7, 11) is -4.51. The zero-order valence-corrected chi connectivity index (χ0v) is 34.1. The number of hydrogen-bond donors (Lipinski definition) is 3. The fourth-order valence-corrected chi connectivity index (χ4v) is 6.55. The highest BCUT2D eigenvalue weighted by Gasteiger charge is 2.19. The van der Waals surface area contributed by atoms with Gasteiger partial charge in [-0.25, -0.2) is 4.57 Å². The van der Waals surface area contributed by atoms with E-state index in [1.54, 1.807) is 6.92 Å². The fourth-order valence-electron chi connectivity index (χ4n) is 6.19. The van der Waals surface area contributed by atoms with E-state index in [1.807, 2.05) is 0 Å². The van der Waals surface area contributed by atoms with Crippen molar-refractivity contribution in [3.63, 3.8) is 0 Å². The van der Waals surface area contributed by atoms with Gasteiger partial charge in [0.2, 0.25) is 0 Å². The van der Waals surface area contributed by atoms with Gasteiger partial charge in [0.1, 0.15) is 6.10 Å². The average Bonchev–Trinajstić information content (AvgIpc) is 3.07. The summed E-state index contributed by atoms with van der Waals surface area (Å²) >= 11 is 0. The Kier molecular flexibility index (Phi) is 46.0. The Balaban J connectivity index is 0. The minimum absolute atomic E-state index is 0.137. The topological polar surface area (TPSA) is 105 Å². The number of ether oxygens (including phenoxy) is 2. The Morgan fingerprint density at radius 3 is 0.980 bits per heavy atom. The second-order valence-electron chi connectivity index (χ2n) is 14.3. The number of phosphoric acid groups is 1. The minimum Gasteiger partial charge on any atom is -0.397 e. The van der Waals surface area contributed by atoms with E-state index in [-0.39, 0.29) is 13.2 Å². The van der Waals surface area contributed by atoms with Gasteiger partial charge in [-0.1, -0.05) is 206 Å². The van der Waals surface area contributed by atoms with Gasteiger partial charge in [-0.3, -0.25) is 4.52 Å². The van der Waals surface area contributed by atoms with Gasteiger partial charge in [-0.2, -0.15) is 0 Å². The van der Waals surface area contributed by atoms with Gasteiger partial charge in [0, 0.05) is 19.8 Å². The number of unbranched alkanes of at least 4 members (excludes halogenated alkanes) is 30. The zero-order valence-electron chi connectivity index (χ0n) is 33.2. The highest BCUT2D eigenvalue weighted by molar-refractivity contribution is 7.46. The van der Waals surface area contributed by atoms with Crippen LogP contribution < -0.4 is 0 Å². The van der Waals surface area contributed by atoms with Crippen molar-refractivity contribution in [1.29, 1.82) is 0 Å². The maximum Gasteiger partial charge on any atom is 0.469 e. The summed E-state index contributed by atoms with van der Waals surface area (Å²) in [4.78, 5) is 18.2. The fraction of sp³-hybridized carbons (Fsp3) is 1.00. The molecule has 0 spiro atoms. The molecule has 0 aromatic carbocycles. The molecular formula is C41H87O7P. The third-order valence-electron chi connectivity index (χ3n) is 9.23. The van der Waals surface area contributed by atoms with Crippen molar-refractivity contribution in [2.24, 2.45) is 0 Å². The molecule has 7 nitrogen and oxygen atoms in total. The van der Waals surface area contributed by atoms with Crippen LogP contribution in [-0.4, -0.2) is 54.0 Å². The maximum atomic E-state index is 11.2. The van der Waals surface area contributed by atoms with Gasteiger partial charge in [-0.05, 0) is 19.8 Å². The lowest BCUT2D eigenvalue weighted by Crippen LogP contribution is -2.26. The number of aliphatic hydroxyl groups is 1. The molecule has 0 saturated heterocycles. The molecule has 8 heteroatoms. The molecule has 0 heterocycles. The van der Waals surface area contributed by atoms with Gasteiger partial charge >= 0.3 is 7.82 Å². The van der Waals surface area contributed by atoms with Crippen LogP contribution in [0.3, 0.4) is 0 Å². The summed E-state index contributed by atoms with van der Waals surface area (Å²) in [5.74, 6) is 0. The minimum atomic E-state index is -4.51. The van der Waals surface area contributed by atoms with Crippen LogP contribution in [0.15, 0.2) is 0 Å². The number of phosphoric ester groups is 1. The van der Waals surface area contributed by atoms with Gasteiger partial charge in [0.05, 0.1) is 13.2 Å². The van der Waals surface area contributed by atoms with Crippen LogP contribution in [0.25, 0.3) is 0 Å². The van der Waals surface area contributed by atoms with E-state index in [2.05, 4.69) is 13.8 Å². The van der Waals surface area contributed by atoms with Crippen molar-refractivity contribution in [2.75, 3.05) is 33.0 Å². The first kappa shape index (κ1) is 51.1. The molecule has 0 fully saturated rings. The quantitative estimate of drug-likeness (QED) is 0.0427. The van der Waals surface area contributed by atoms with Crippen LogP contribution in [0.4, 0.5) is 0 Å². The second kappa shape index (κ2) is 44.2. The highest BCUT2D eigenvalue weighted by atomic mass is 31.2. The molecule has 0 saturated carbocycles. The predicted molar refractivity (Wildman–Crippen MR) is 210 cm³/mol. The summed E-state index contributed by atoms with van der Waals surface area (Å²) < 4.78 is 27.6. The lowest BCUT2D eigenvalue weighted by atomic mass is 10.0. The lowest BCUT2D eigenvalue weighted by molar-refractivity contribution is -0.0429. The van der Waals surface area contributed by atoms with E-state index < -0.39 is 13.9 Å². The normalized spacial score (nSPS) is 12.3. The zero-order chi connectivity index (χ0) is 36.4. The van der Waals surface area contributed by atoms with E-state index in [0.717, 1.165) is 19.3 Å². The molecule has 0 unspecified atom stereocenters. The molecule has 0 aliphatic rings. The lowest BCUT2D eigenvalue weighted by Gasteiger charge is -2.18. The molecule has 0 aliphatic carbocycles. The number of rotatable bonds is 40. The van der Waals surface area contributed by atoms with Gasteiger partial charge in [0.15, 0.2) is 0 Å². The number of aliphatic hydroxyl groups excluding tert-OH is 1. The average molecular weight is 723 g/mol. The molecule has 1 atom stereocenters. The first-order valence-corrected chi connectivity index (χ1v) is 22.9. The summed E-state index contributed by atoms with van der Waals surface area (Å²) in [5.41, 5.74) is 0. The molecule has 0 amide bonds. The van der Waals surface area contributed by atoms with Crippen molar-refractivity contribution in [3.8, 4) is 0 Å². The highest BCUT2D eigenvalue weighted by Crippen LogP contribution is 2.35. The predicted octanol–water partition coefficient (Wildman–Crippen LogP) is 13.0. The molecule has 3 N–H and O–H groups in total. The van der Waals surface area contributed by atoms with Crippen LogP contribution in [0.5, 0.6) is 0 Å². The van der Waals surface area contributed by atoms with E-state index >= 15 is 0 Å². The van der Waals surface area contributed by atoms with Crippen molar-refractivity contribution in [1.82, 2.24) is 0 Å². The molecule has 0 bridgehead atoms. The first-order valence-electron chi connectivity index (χ1n) is 21.4. The van der Waals surface area contributed by atoms with Gasteiger partial charge in [0.25, 0.3) is 0 Å². The Morgan fingerprint density at radius 2 is 0.694 bits per heavy atom. The monoisotopic (exact) mass is 723 g/mol. The molecule has 298 valence electrons. The molecule has 0 aromatic heterocycles. The third-order valence-corrected chi connectivity index (χ3v) is 9.71. The molecule has 0 aliphatic heterocycles. The third kappa shape index (κ3) is 50.1. The largest absolute Gasteiger partial charge is 0.469 e. The van der Waals surface area contributed by atoms with Crippen molar-refractivity contribution in [3.05, 3.63) is 0 Å². The van der Waals surface area contributed by atoms with Crippen molar-refractivity contribution < 1.29 is 33.5 Å². The Bertz CT molecular complexity index is 631. The van der Waals surface area contributed by atoms with E-state index in [0.29, 0.717) is 19.8 Å². The smallest absolute Gasteiger partial charge is 0.397 e. The Hall–Kier alpha value is -0.0100. The van der Waals surface area contributed by atoms with E-state index in [4.69, 9.17) is 28.9 Å². The molecule has 49 heavy (non-hydrogen) atoms. The maximum absolute atomic E-state index is 11.2. The van der Waals surface area contributed by atoms with Crippen molar-refractivity contribution in [2.45, 2.75) is 232 Å². The molecule has 0 rings (SSSR count). The molecule has 0 radical (unpaired) electrons. The summed E-state index contributed by atoms with van der Waals surface area (Å²) in [6.07, 6.45) is 42.3. The van der Waals surface area contributed by atoms with Crippen LogP contribution in [0.1, 0.15) is 226 Å². The van der Waals surface area contributed by atoms with Crippen LogP contribution in [-0.2, 0) is 18.6 Å². The van der Waals surface area contributed by atoms with E-state index in [9.17, 15) is 4.57 Å². The second-order valence-corrected chi connectivity index (χ2v) is 15.5. The Labute approximate surface area is 306 Å². The van der Waals surface area contributed by atoms with Gasteiger partial charge < -0.3 is 24.4 Å². The molecular weight excluding hydrogens is 635 g/mol.